The van der Waals surface area contributed by atoms with Gasteiger partial charge in [0.15, 0.2) is 0 Å². The molecule has 162 valence electrons. The highest BCUT2D eigenvalue weighted by Gasteiger charge is 2.12. The van der Waals surface area contributed by atoms with Crippen LogP contribution in [0.1, 0.15) is 41.8 Å². The van der Waals surface area contributed by atoms with Crippen LogP contribution < -0.4 is 10.1 Å². The lowest BCUT2D eigenvalue weighted by atomic mass is 10.1. The Balaban J connectivity index is 1.90. The SMILES string of the molecule is CCCNC(=O)/C(C)=C/c1ccc2ccn(Cc3ccc(C(=O)OC)cc3OC)c2c1. The zero-order valence-corrected chi connectivity index (χ0v) is 18.4. The number of aromatic nitrogens is 1. The monoisotopic (exact) mass is 420 g/mol. The van der Waals surface area contributed by atoms with Gasteiger partial charge >= 0.3 is 5.97 Å². The van der Waals surface area contributed by atoms with Crippen molar-refractivity contribution in [1.82, 2.24) is 9.88 Å². The van der Waals surface area contributed by atoms with Gasteiger partial charge < -0.3 is 19.4 Å². The first kappa shape index (κ1) is 22.2. The quantitative estimate of drug-likeness (QED) is 0.433. The summed E-state index contributed by atoms with van der Waals surface area (Å²) < 4.78 is 12.4. The summed E-state index contributed by atoms with van der Waals surface area (Å²) in [4.78, 5) is 24.0. The molecule has 0 saturated heterocycles. The lowest BCUT2D eigenvalue weighted by Crippen LogP contribution is -2.24. The molecule has 6 heteroatoms. The van der Waals surface area contributed by atoms with Gasteiger partial charge in [0.05, 0.1) is 26.3 Å². The molecule has 1 heterocycles. The number of benzene rings is 2. The van der Waals surface area contributed by atoms with Crippen LogP contribution in [0.25, 0.3) is 17.0 Å². The van der Waals surface area contributed by atoms with E-state index in [2.05, 4.69) is 22.0 Å². The third-order valence-corrected chi connectivity index (χ3v) is 5.12. The highest BCUT2D eigenvalue weighted by molar-refractivity contribution is 5.97. The molecule has 31 heavy (non-hydrogen) atoms. The Morgan fingerprint density at radius 1 is 1.10 bits per heavy atom. The first-order valence-electron chi connectivity index (χ1n) is 10.3. The number of esters is 1. The van der Waals surface area contributed by atoms with Crippen LogP contribution in [0.15, 0.2) is 54.2 Å². The minimum Gasteiger partial charge on any atom is -0.496 e. The van der Waals surface area contributed by atoms with Crippen molar-refractivity contribution >= 4 is 28.9 Å². The van der Waals surface area contributed by atoms with E-state index in [4.69, 9.17) is 9.47 Å². The predicted octanol–water partition coefficient (Wildman–Crippen LogP) is 4.41. The number of rotatable bonds is 8. The molecule has 3 aromatic rings. The van der Waals surface area contributed by atoms with Crippen molar-refractivity contribution < 1.29 is 19.1 Å². The second-order valence-corrected chi connectivity index (χ2v) is 7.36. The number of amides is 1. The van der Waals surface area contributed by atoms with E-state index in [0.29, 0.717) is 30.0 Å². The van der Waals surface area contributed by atoms with Gasteiger partial charge in [-0.3, -0.25) is 4.79 Å². The summed E-state index contributed by atoms with van der Waals surface area (Å²) in [6.07, 6.45) is 4.82. The van der Waals surface area contributed by atoms with Gasteiger partial charge in [-0.05, 0) is 54.6 Å². The summed E-state index contributed by atoms with van der Waals surface area (Å²) in [5.74, 6) is 0.183. The van der Waals surface area contributed by atoms with Crippen LogP contribution >= 0.6 is 0 Å². The molecule has 0 fully saturated rings. The number of hydrogen-bond donors (Lipinski definition) is 1. The van der Waals surface area contributed by atoms with Crippen molar-refractivity contribution in [3.05, 3.63) is 70.9 Å². The number of hydrogen-bond acceptors (Lipinski definition) is 4. The van der Waals surface area contributed by atoms with Gasteiger partial charge in [0.25, 0.3) is 0 Å². The molecule has 0 unspecified atom stereocenters. The van der Waals surface area contributed by atoms with E-state index in [0.717, 1.165) is 28.5 Å². The van der Waals surface area contributed by atoms with Crippen molar-refractivity contribution in [2.45, 2.75) is 26.8 Å². The number of nitrogens with zero attached hydrogens (tertiary/aromatic N) is 1. The van der Waals surface area contributed by atoms with Crippen molar-refractivity contribution in [2.75, 3.05) is 20.8 Å². The Labute approximate surface area is 182 Å². The van der Waals surface area contributed by atoms with Crippen LogP contribution in [-0.4, -0.2) is 37.2 Å². The van der Waals surface area contributed by atoms with Crippen LogP contribution in [0.3, 0.4) is 0 Å². The number of methoxy groups -OCH3 is 2. The molecule has 0 aliphatic carbocycles. The topological polar surface area (TPSA) is 69.6 Å². The zero-order valence-electron chi connectivity index (χ0n) is 18.4. The molecule has 6 nitrogen and oxygen atoms in total. The second-order valence-electron chi connectivity index (χ2n) is 7.36. The molecule has 1 amide bonds. The van der Waals surface area contributed by atoms with Gasteiger partial charge in [-0.25, -0.2) is 4.79 Å². The molecule has 0 radical (unpaired) electrons. The fourth-order valence-electron chi connectivity index (χ4n) is 3.43. The summed E-state index contributed by atoms with van der Waals surface area (Å²) in [5, 5.41) is 4.01. The molecular weight excluding hydrogens is 392 g/mol. The molecular formula is C25H28N2O4. The summed E-state index contributed by atoms with van der Waals surface area (Å²) in [7, 11) is 2.94. The molecule has 0 atom stereocenters. The fourth-order valence-corrected chi connectivity index (χ4v) is 3.43. The van der Waals surface area contributed by atoms with Crippen LogP contribution in [0.4, 0.5) is 0 Å². The minimum atomic E-state index is -0.397. The van der Waals surface area contributed by atoms with Gasteiger partial charge in [-0.1, -0.05) is 25.1 Å². The van der Waals surface area contributed by atoms with E-state index in [1.54, 1.807) is 19.2 Å². The highest BCUT2D eigenvalue weighted by atomic mass is 16.5. The van der Waals surface area contributed by atoms with Gasteiger partial charge in [0.1, 0.15) is 5.75 Å². The maximum Gasteiger partial charge on any atom is 0.337 e. The number of nitrogens with one attached hydrogen (secondary N) is 1. The minimum absolute atomic E-state index is 0.0484. The molecule has 1 N–H and O–H groups in total. The van der Waals surface area contributed by atoms with Crippen molar-refractivity contribution in [2.24, 2.45) is 0 Å². The molecule has 0 spiro atoms. The number of ether oxygens (including phenoxy) is 2. The van der Waals surface area contributed by atoms with Crippen molar-refractivity contribution in [1.29, 1.82) is 0 Å². The first-order chi connectivity index (χ1) is 15.0. The van der Waals surface area contributed by atoms with Crippen LogP contribution in [0.2, 0.25) is 0 Å². The number of carbonyl (C=O) groups is 2. The average Bonchev–Trinajstić information content (AvgIpc) is 3.18. The van der Waals surface area contributed by atoms with E-state index >= 15 is 0 Å². The highest BCUT2D eigenvalue weighted by Crippen LogP contribution is 2.25. The van der Waals surface area contributed by atoms with Crippen LogP contribution in [-0.2, 0) is 16.1 Å². The van der Waals surface area contributed by atoms with E-state index in [1.807, 2.05) is 44.3 Å². The molecule has 0 bridgehead atoms. The largest absolute Gasteiger partial charge is 0.496 e. The summed E-state index contributed by atoms with van der Waals surface area (Å²) in [6.45, 7) is 5.10. The normalized spacial score (nSPS) is 11.4. The molecule has 0 aliphatic rings. The van der Waals surface area contributed by atoms with Crippen molar-refractivity contribution in [3.63, 3.8) is 0 Å². The lowest BCUT2D eigenvalue weighted by molar-refractivity contribution is -0.117. The van der Waals surface area contributed by atoms with E-state index in [9.17, 15) is 9.59 Å². The average molecular weight is 421 g/mol. The van der Waals surface area contributed by atoms with Crippen molar-refractivity contribution in [3.8, 4) is 5.75 Å². The van der Waals surface area contributed by atoms with Crippen LogP contribution in [0.5, 0.6) is 5.75 Å². The summed E-state index contributed by atoms with van der Waals surface area (Å²) in [5.41, 5.74) is 4.08. The molecule has 0 saturated carbocycles. The number of carbonyl (C=O) groups excluding carboxylic acids is 2. The predicted molar refractivity (Wildman–Crippen MR) is 122 cm³/mol. The smallest absolute Gasteiger partial charge is 0.337 e. The maximum absolute atomic E-state index is 12.2. The maximum atomic E-state index is 12.2. The Kier molecular flexibility index (Phi) is 7.13. The Morgan fingerprint density at radius 3 is 2.61 bits per heavy atom. The third-order valence-electron chi connectivity index (χ3n) is 5.12. The van der Waals surface area contributed by atoms with E-state index in [1.165, 1.54) is 7.11 Å². The lowest BCUT2D eigenvalue weighted by Gasteiger charge is -2.12. The zero-order chi connectivity index (χ0) is 22.4. The van der Waals surface area contributed by atoms with Gasteiger partial charge in [-0.2, -0.15) is 0 Å². The first-order valence-corrected chi connectivity index (χ1v) is 10.3. The van der Waals surface area contributed by atoms with Gasteiger partial charge in [0.2, 0.25) is 5.91 Å². The fraction of sp³-hybridized carbons (Fsp3) is 0.280. The summed E-state index contributed by atoms with van der Waals surface area (Å²) >= 11 is 0. The van der Waals surface area contributed by atoms with Gasteiger partial charge in [-0.15, -0.1) is 0 Å². The van der Waals surface area contributed by atoms with Crippen LogP contribution in [0, 0.1) is 0 Å². The Hall–Kier alpha value is -3.54. The molecule has 3 rings (SSSR count). The van der Waals surface area contributed by atoms with E-state index in [-0.39, 0.29) is 5.91 Å². The summed E-state index contributed by atoms with van der Waals surface area (Å²) in [6, 6.07) is 13.5. The number of fused-ring (bicyclic) bond motifs is 1. The standard InChI is InChI=1S/C25H28N2O4/c1-5-11-26-24(28)17(2)13-18-6-7-19-10-12-27(22(19)14-18)16-21-9-8-20(25(29)31-4)15-23(21)30-3/h6-10,12-15H,5,11,16H2,1-4H3,(H,26,28)/b17-13+. The third kappa shape index (κ3) is 5.15. The molecule has 1 aromatic heterocycles. The van der Waals surface area contributed by atoms with E-state index < -0.39 is 5.97 Å². The molecule has 0 aliphatic heterocycles. The Morgan fingerprint density at radius 2 is 1.90 bits per heavy atom. The Bertz CT molecular complexity index is 1130. The second kappa shape index (κ2) is 9.98. The molecule has 2 aromatic carbocycles. The van der Waals surface area contributed by atoms with Gasteiger partial charge in [0, 0.05) is 29.4 Å².